The highest BCUT2D eigenvalue weighted by Crippen LogP contribution is 2.18. The van der Waals surface area contributed by atoms with E-state index in [1.807, 2.05) is 30.3 Å². The fourth-order valence-corrected chi connectivity index (χ4v) is 3.72. The van der Waals surface area contributed by atoms with Gasteiger partial charge in [0.25, 0.3) is 0 Å². The fourth-order valence-electron chi connectivity index (χ4n) is 2.56. The highest BCUT2D eigenvalue weighted by Gasteiger charge is 2.16. The number of nitrogens with one attached hydrogen (secondary N) is 2. The zero-order valence-corrected chi connectivity index (χ0v) is 16.2. The van der Waals surface area contributed by atoms with E-state index in [1.165, 1.54) is 24.3 Å². The van der Waals surface area contributed by atoms with E-state index in [1.54, 1.807) is 0 Å². The monoisotopic (exact) mass is 394 g/mol. The van der Waals surface area contributed by atoms with Gasteiger partial charge in [-0.2, -0.15) is 0 Å². The highest BCUT2D eigenvalue weighted by atomic mass is 35.5. The number of sulfonamides is 1. The maximum atomic E-state index is 12.2. The molecule has 0 aliphatic rings. The van der Waals surface area contributed by atoms with Crippen LogP contribution in [0.4, 0.5) is 0 Å². The fraction of sp³-hybridized carbons (Fsp3) is 0.316. The van der Waals surface area contributed by atoms with Crippen LogP contribution in [0.2, 0.25) is 5.02 Å². The van der Waals surface area contributed by atoms with Crippen molar-refractivity contribution in [2.45, 2.75) is 37.1 Å². The molecular formula is C19H23ClN2O3S. The van der Waals surface area contributed by atoms with Crippen LogP contribution in [0.1, 0.15) is 37.8 Å². The van der Waals surface area contributed by atoms with Crippen molar-refractivity contribution in [2.24, 2.45) is 0 Å². The number of hydrogen-bond donors (Lipinski definition) is 2. The molecule has 2 rings (SSSR count). The average Bonchev–Trinajstić information content (AvgIpc) is 2.62. The van der Waals surface area contributed by atoms with Crippen LogP contribution in [-0.4, -0.2) is 20.9 Å². The van der Waals surface area contributed by atoms with Crippen molar-refractivity contribution in [2.75, 3.05) is 6.54 Å². The van der Waals surface area contributed by atoms with Gasteiger partial charge >= 0.3 is 0 Å². The Hall–Kier alpha value is -1.89. The smallest absolute Gasteiger partial charge is 0.240 e. The van der Waals surface area contributed by atoms with E-state index in [0.29, 0.717) is 5.02 Å². The van der Waals surface area contributed by atoms with E-state index in [2.05, 4.69) is 17.0 Å². The van der Waals surface area contributed by atoms with E-state index in [-0.39, 0.29) is 29.8 Å². The molecule has 26 heavy (non-hydrogen) atoms. The second kappa shape index (κ2) is 9.71. The number of carbonyl (C=O) groups excluding carboxylic acids is 1. The largest absolute Gasteiger partial charge is 0.349 e. The normalized spacial score (nSPS) is 12.5. The van der Waals surface area contributed by atoms with Crippen LogP contribution in [0, 0.1) is 0 Å². The van der Waals surface area contributed by atoms with E-state index < -0.39 is 10.0 Å². The Bertz CT molecular complexity index is 808. The predicted octanol–water partition coefficient (Wildman–Crippen LogP) is 3.67. The van der Waals surface area contributed by atoms with Crippen LogP contribution in [0.5, 0.6) is 0 Å². The summed E-state index contributed by atoms with van der Waals surface area (Å²) >= 11 is 5.76. The quantitative estimate of drug-likeness (QED) is 0.681. The molecule has 0 saturated heterocycles. The maximum Gasteiger partial charge on any atom is 0.240 e. The first-order valence-corrected chi connectivity index (χ1v) is 10.4. The molecule has 0 heterocycles. The molecule has 2 aromatic rings. The standard InChI is InChI=1S/C19H23ClN2O3S/c1-2-6-18(15-7-4-3-5-8-15)22-19(23)13-14-21-26(24,25)17-11-9-16(20)10-12-17/h3-5,7-12,18,21H,2,6,13-14H2,1H3,(H,22,23). The topological polar surface area (TPSA) is 75.3 Å². The number of benzene rings is 2. The minimum absolute atomic E-state index is 0.0322. The van der Waals surface area contributed by atoms with E-state index in [4.69, 9.17) is 11.6 Å². The minimum Gasteiger partial charge on any atom is -0.349 e. The van der Waals surface area contributed by atoms with Gasteiger partial charge in [0, 0.05) is 18.0 Å². The summed E-state index contributed by atoms with van der Waals surface area (Å²) < 4.78 is 26.8. The molecule has 1 amide bonds. The molecule has 140 valence electrons. The van der Waals surface area contributed by atoms with Gasteiger partial charge < -0.3 is 5.32 Å². The Morgan fingerprint density at radius 1 is 1.08 bits per heavy atom. The summed E-state index contributed by atoms with van der Waals surface area (Å²) in [6.07, 6.45) is 1.83. The zero-order valence-electron chi connectivity index (χ0n) is 14.6. The Kier molecular flexibility index (Phi) is 7.63. The summed E-state index contributed by atoms with van der Waals surface area (Å²) in [5.41, 5.74) is 1.05. The summed E-state index contributed by atoms with van der Waals surface area (Å²) in [7, 11) is -3.65. The van der Waals surface area contributed by atoms with Crippen LogP contribution < -0.4 is 10.0 Å². The molecular weight excluding hydrogens is 372 g/mol. The van der Waals surface area contributed by atoms with E-state index >= 15 is 0 Å². The minimum atomic E-state index is -3.65. The van der Waals surface area contributed by atoms with Gasteiger partial charge in [0.1, 0.15) is 0 Å². The van der Waals surface area contributed by atoms with Crippen LogP contribution in [0.15, 0.2) is 59.5 Å². The Morgan fingerprint density at radius 3 is 2.35 bits per heavy atom. The van der Waals surface area contributed by atoms with Crippen LogP contribution in [-0.2, 0) is 14.8 Å². The molecule has 0 saturated carbocycles. The van der Waals surface area contributed by atoms with Gasteiger partial charge in [-0.3, -0.25) is 4.79 Å². The lowest BCUT2D eigenvalue weighted by molar-refractivity contribution is -0.121. The van der Waals surface area contributed by atoms with Crippen molar-refractivity contribution in [3.05, 3.63) is 65.2 Å². The third-order valence-electron chi connectivity index (χ3n) is 3.88. The predicted molar refractivity (Wildman–Crippen MR) is 103 cm³/mol. The average molecular weight is 395 g/mol. The van der Waals surface area contributed by atoms with Gasteiger partial charge in [0.15, 0.2) is 0 Å². The van der Waals surface area contributed by atoms with Crippen molar-refractivity contribution in [1.29, 1.82) is 0 Å². The molecule has 0 aromatic heterocycles. The molecule has 0 aliphatic carbocycles. The molecule has 0 radical (unpaired) electrons. The number of amides is 1. The van der Waals surface area contributed by atoms with Crippen molar-refractivity contribution in [3.8, 4) is 0 Å². The summed E-state index contributed by atoms with van der Waals surface area (Å²) in [5, 5.41) is 3.44. The van der Waals surface area contributed by atoms with Crippen molar-refractivity contribution >= 4 is 27.5 Å². The van der Waals surface area contributed by atoms with Gasteiger partial charge in [0.05, 0.1) is 10.9 Å². The second-order valence-corrected chi connectivity index (χ2v) is 8.12. The molecule has 0 bridgehead atoms. The first kappa shape index (κ1) is 20.4. The van der Waals surface area contributed by atoms with Crippen molar-refractivity contribution < 1.29 is 13.2 Å². The summed E-state index contributed by atoms with van der Waals surface area (Å²) in [4.78, 5) is 12.3. The lowest BCUT2D eigenvalue weighted by Gasteiger charge is -2.18. The van der Waals surface area contributed by atoms with Crippen LogP contribution >= 0.6 is 11.6 Å². The third-order valence-corrected chi connectivity index (χ3v) is 5.61. The summed E-state index contributed by atoms with van der Waals surface area (Å²) in [5.74, 6) is -0.189. The van der Waals surface area contributed by atoms with Gasteiger partial charge in [-0.1, -0.05) is 55.3 Å². The van der Waals surface area contributed by atoms with Crippen LogP contribution in [0.3, 0.4) is 0 Å². The zero-order chi connectivity index (χ0) is 19.0. The molecule has 5 nitrogen and oxygen atoms in total. The Morgan fingerprint density at radius 2 is 1.73 bits per heavy atom. The maximum absolute atomic E-state index is 12.2. The molecule has 1 atom stereocenters. The molecule has 0 spiro atoms. The Labute approximate surface area is 159 Å². The lowest BCUT2D eigenvalue weighted by Crippen LogP contribution is -2.33. The summed E-state index contributed by atoms with van der Waals surface area (Å²) in [6, 6.07) is 15.6. The highest BCUT2D eigenvalue weighted by molar-refractivity contribution is 7.89. The summed E-state index contributed by atoms with van der Waals surface area (Å²) in [6.45, 7) is 2.09. The number of hydrogen-bond acceptors (Lipinski definition) is 3. The van der Waals surface area contributed by atoms with E-state index in [9.17, 15) is 13.2 Å². The van der Waals surface area contributed by atoms with E-state index in [0.717, 1.165) is 18.4 Å². The number of halogens is 1. The molecule has 1 unspecified atom stereocenters. The molecule has 7 heteroatoms. The molecule has 0 fully saturated rings. The van der Waals surface area contributed by atoms with Gasteiger partial charge in [-0.25, -0.2) is 13.1 Å². The molecule has 2 N–H and O–H groups in total. The van der Waals surface area contributed by atoms with Gasteiger partial charge in [0.2, 0.25) is 15.9 Å². The second-order valence-electron chi connectivity index (χ2n) is 5.92. The van der Waals surface area contributed by atoms with Crippen LogP contribution in [0.25, 0.3) is 0 Å². The SMILES string of the molecule is CCCC(NC(=O)CCNS(=O)(=O)c1ccc(Cl)cc1)c1ccccc1. The van der Waals surface area contributed by atoms with Crippen molar-refractivity contribution in [1.82, 2.24) is 10.0 Å². The van der Waals surface area contributed by atoms with Gasteiger partial charge in [-0.15, -0.1) is 0 Å². The Balaban J connectivity index is 1.88. The number of carbonyl (C=O) groups is 1. The molecule has 2 aromatic carbocycles. The van der Waals surface area contributed by atoms with Crippen molar-refractivity contribution in [3.63, 3.8) is 0 Å². The molecule has 0 aliphatic heterocycles. The number of rotatable bonds is 9. The van der Waals surface area contributed by atoms with Gasteiger partial charge in [-0.05, 0) is 36.2 Å². The first-order valence-electron chi connectivity index (χ1n) is 8.52. The first-order chi connectivity index (χ1) is 12.4. The third kappa shape index (κ3) is 6.12. The lowest BCUT2D eigenvalue weighted by atomic mass is 10.0.